The van der Waals surface area contributed by atoms with Crippen molar-refractivity contribution in [3.05, 3.63) is 22.8 Å². The van der Waals surface area contributed by atoms with Gasteiger partial charge in [-0.15, -0.1) is 0 Å². The number of Topliss-reactive ketones (excluding diaryl/α,β-unsaturated/α-hetero) is 1. The molecule has 0 saturated carbocycles. The van der Waals surface area contributed by atoms with Crippen molar-refractivity contribution in [2.45, 2.75) is 47.0 Å². The van der Waals surface area contributed by atoms with Crippen LogP contribution in [-0.4, -0.2) is 35.7 Å². The molecule has 0 radical (unpaired) electrons. The Morgan fingerprint density at radius 3 is 2.45 bits per heavy atom. The minimum Gasteiger partial charge on any atom is -0.396 e. The van der Waals surface area contributed by atoms with Crippen molar-refractivity contribution in [3.63, 3.8) is 0 Å². The van der Waals surface area contributed by atoms with Crippen molar-refractivity contribution in [1.29, 1.82) is 0 Å². The smallest absolute Gasteiger partial charge is 0.220 e. The summed E-state index contributed by atoms with van der Waals surface area (Å²) < 4.78 is 0. The molecule has 122 valence electrons. The highest BCUT2D eigenvalue weighted by Gasteiger charge is 2.35. The van der Waals surface area contributed by atoms with Gasteiger partial charge in [-0.05, 0) is 32.8 Å². The SMILES string of the molecule is CC1=CC(=O)C(C(C)(C)CC(=O)NCCCCO)=C(C)C1=O. The number of rotatable bonds is 7. The number of aliphatic hydroxyl groups is 1. The van der Waals surface area contributed by atoms with Crippen LogP contribution in [0.1, 0.15) is 47.0 Å². The number of hydrogen-bond acceptors (Lipinski definition) is 4. The molecule has 1 rings (SSSR count). The summed E-state index contributed by atoms with van der Waals surface area (Å²) in [5, 5.41) is 11.5. The second kappa shape index (κ2) is 7.49. The predicted molar refractivity (Wildman–Crippen MR) is 84.2 cm³/mol. The van der Waals surface area contributed by atoms with E-state index in [1.807, 2.05) is 0 Å². The number of unbranched alkanes of at least 4 members (excludes halogenated alkanes) is 1. The van der Waals surface area contributed by atoms with Crippen LogP contribution < -0.4 is 5.32 Å². The van der Waals surface area contributed by atoms with Crippen molar-refractivity contribution >= 4 is 17.5 Å². The second-order valence-electron chi connectivity index (χ2n) is 6.36. The topological polar surface area (TPSA) is 83.5 Å². The molecule has 0 aliphatic heterocycles. The molecule has 0 aromatic heterocycles. The number of hydrogen-bond donors (Lipinski definition) is 2. The van der Waals surface area contributed by atoms with Crippen LogP contribution in [0.25, 0.3) is 0 Å². The maximum atomic E-state index is 12.2. The second-order valence-corrected chi connectivity index (χ2v) is 6.36. The van der Waals surface area contributed by atoms with Crippen LogP contribution in [0.3, 0.4) is 0 Å². The lowest BCUT2D eigenvalue weighted by atomic mass is 9.73. The molecule has 0 unspecified atom stereocenters. The lowest BCUT2D eigenvalue weighted by molar-refractivity contribution is -0.123. The van der Waals surface area contributed by atoms with E-state index in [0.29, 0.717) is 36.1 Å². The lowest BCUT2D eigenvalue weighted by Gasteiger charge is -2.29. The molecule has 0 fully saturated rings. The van der Waals surface area contributed by atoms with E-state index in [2.05, 4.69) is 5.32 Å². The zero-order chi connectivity index (χ0) is 16.9. The Kier molecular flexibility index (Phi) is 6.23. The monoisotopic (exact) mass is 307 g/mol. The minimum atomic E-state index is -0.699. The van der Waals surface area contributed by atoms with Crippen molar-refractivity contribution in [3.8, 4) is 0 Å². The van der Waals surface area contributed by atoms with E-state index in [0.717, 1.165) is 0 Å². The molecule has 0 atom stereocenters. The third-order valence-corrected chi connectivity index (χ3v) is 3.85. The van der Waals surface area contributed by atoms with E-state index < -0.39 is 5.41 Å². The van der Waals surface area contributed by atoms with Gasteiger partial charge < -0.3 is 10.4 Å². The Labute approximate surface area is 131 Å². The summed E-state index contributed by atoms with van der Waals surface area (Å²) in [5.41, 5.74) is 0.599. The maximum absolute atomic E-state index is 12.2. The van der Waals surface area contributed by atoms with Gasteiger partial charge >= 0.3 is 0 Å². The molecule has 5 nitrogen and oxygen atoms in total. The van der Waals surface area contributed by atoms with Crippen molar-refractivity contribution in [2.75, 3.05) is 13.2 Å². The number of carbonyl (C=O) groups excluding carboxylic acids is 3. The van der Waals surface area contributed by atoms with Crippen LogP contribution in [-0.2, 0) is 14.4 Å². The fourth-order valence-electron chi connectivity index (χ4n) is 2.79. The van der Waals surface area contributed by atoms with Crippen molar-refractivity contribution < 1.29 is 19.5 Å². The summed E-state index contributed by atoms with van der Waals surface area (Å²) in [4.78, 5) is 36.3. The van der Waals surface area contributed by atoms with Gasteiger partial charge in [0, 0.05) is 41.7 Å². The zero-order valence-electron chi connectivity index (χ0n) is 13.8. The van der Waals surface area contributed by atoms with E-state index in [4.69, 9.17) is 5.11 Å². The van der Waals surface area contributed by atoms with E-state index in [1.54, 1.807) is 27.7 Å². The first kappa shape index (κ1) is 18.3. The van der Waals surface area contributed by atoms with Crippen LogP contribution in [0.5, 0.6) is 0 Å². The molecule has 1 aliphatic rings. The van der Waals surface area contributed by atoms with Gasteiger partial charge in [0.15, 0.2) is 11.6 Å². The molecule has 1 amide bonds. The van der Waals surface area contributed by atoms with E-state index in [-0.39, 0.29) is 30.5 Å². The van der Waals surface area contributed by atoms with E-state index in [1.165, 1.54) is 6.08 Å². The molecule has 0 saturated heterocycles. The highest BCUT2D eigenvalue weighted by molar-refractivity contribution is 6.22. The third kappa shape index (κ3) is 4.37. The first-order chi connectivity index (χ1) is 10.2. The fraction of sp³-hybridized carbons (Fsp3) is 0.588. The summed E-state index contributed by atoms with van der Waals surface area (Å²) >= 11 is 0. The Morgan fingerprint density at radius 1 is 1.23 bits per heavy atom. The molecule has 1 aliphatic carbocycles. The van der Waals surface area contributed by atoms with Crippen LogP contribution in [0, 0.1) is 5.41 Å². The van der Waals surface area contributed by atoms with E-state index in [9.17, 15) is 14.4 Å². The first-order valence-electron chi connectivity index (χ1n) is 7.57. The zero-order valence-corrected chi connectivity index (χ0v) is 13.8. The van der Waals surface area contributed by atoms with E-state index >= 15 is 0 Å². The molecular weight excluding hydrogens is 282 g/mol. The van der Waals surface area contributed by atoms with Crippen LogP contribution in [0.2, 0.25) is 0 Å². The van der Waals surface area contributed by atoms with Crippen LogP contribution >= 0.6 is 0 Å². The number of nitrogens with one attached hydrogen (secondary N) is 1. The average Bonchev–Trinajstić information content (AvgIpc) is 2.40. The van der Waals surface area contributed by atoms with Gasteiger partial charge in [0.25, 0.3) is 0 Å². The summed E-state index contributed by atoms with van der Waals surface area (Å²) in [6, 6.07) is 0. The Bertz CT molecular complexity index is 541. The van der Waals surface area contributed by atoms with Crippen molar-refractivity contribution in [2.24, 2.45) is 5.41 Å². The molecule has 0 aromatic carbocycles. The van der Waals surface area contributed by atoms with Gasteiger partial charge in [0.1, 0.15) is 0 Å². The molecule has 5 heteroatoms. The summed E-state index contributed by atoms with van der Waals surface area (Å²) in [5.74, 6) is -0.478. The molecular formula is C17H25NO4. The molecule has 2 N–H and O–H groups in total. The molecule has 0 spiro atoms. The van der Waals surface area contributed by atoms with Gasteiger partial charge in [0.05, 0.1) is 0 Å². The molecule has 0 bridgehead atoms. The number of aliphatic hydroxyl groups excluding tert-OH is 1. The maximum Gasteiger partial charge on any atom is 0.220 e. The summed E-state index contributed by atoms with van der Waals surface area (Å²) in [7, 11) is 0. The Morgan fingerprint density at radius 2 is 1.86 bits per heavy atom. The van der Waals surface area contributed by atoms with Crippen LogP contribution in [0.15, 0.2) is 22.8 Å². The molecule has 22 heavy (non-hydrogen) atoms. The first-order valence-corrected chi connectivity index (χ1v) is 7.57. The summed E-state index contributed by atoms with van der Waals surface area (Å²) in [6.07, 6.45) is 2.85. The van der Waals surface area contributed by atoms with Gasteiger partial charge in [-0.25, -0.2) is 0 Å². The predicted octanol–water partition coefficient (Wildman–Crippen LogP) is 1.71. The quantitative estimate of drug-likeness (QED) is 0.554. The third-order valence-electron chi connectivity index (χ3n) is 3.85. The van der Waals surface area contributed by atoms with Gasteiger partial charge in [-0.2, -0.15) is 0 Å². The highest BCUT2D eigenvalue weighted by atomic mass is 16.3. The largest absolute Gasteiger partial charge is 0.396 e. The normalized spacial score (nSPS) is 16.0. The average molecular weight is 307 g/mol. The Balaban J connectivity index is 2.79. The van der Waals surface area contributed by atoms with Gasteiger partial charge in [0.2, 0.25) is 5.91 Å². The van der Waals surface area contributed by atoms with Gasteiger partial charge in [-0.1, -0.05) is 13.8 Å². The number of ketones is 2. The lowest BCUT2D eigenvalue weighted by Crippen LogP contribution is -2.34. The van der Waals surface area contributed by atoms with Crippen LogP contribution in [0.4, 0.5) is 0 Å². The number of amides is 1. The molecule has 0 aromatic rings. The highest BCUT2D eigenvalue weighted by Crippen LogP contribution is 2.36. The fourth-order valence-corrected chi connectivity index (χ4v) is 2.79. The Hall–Kier alpha value is -1.75. The van der Waals surface area contributed by atoms with Crippen molar-refractivity contribution in [1.82, 2.24) is 5.32 Å². The number of allylic oxidation sites excluding steroid dienone is 4. The number of carbonyl (C=O) groups is 3. The molecule has 0 heterocycles. The van der Waals surface area contributed by atoms with Gasteiger partial charge in [-0.3, -0.25) is 14.4 Å². The standard InChI is InChI=1S/C17H25NO4/c1-11-9-13(20)15(12(2)16(11)22)17(3,4)10-14(21)18-7-5-6-8-19/h9,19H,5-8,10H2,1-4H3,(H,18,21). The summed E-state index contributed by atoms with van der Waals surface area (Å²) in [6.45, 7) is 7.49. The minimum absolute atomic E-state index is 0.107.